The number of ether oxygens (including phenoxy) is 2. The third-order valence-corrected chi connectivity index (χ3v) is 5.80. The van der Waals surface area contributed by atoms with Gasteiger partial charge in [-0.15, -0.1) is 0 Å². The van der Waals surface area contributed by atoms with Crippen molar-refractivity contribution in [2.45, 2.75) is 13.8 Å². The van der Waals surface area contributed by atoms with Gasteiger partial charge >= 0.3 is 0 Å². The number of hydrogen-bond acceptors (Lipinski definition) is 5. The van der Waals surface area contributed by atoms with Crippen LogP contribution in [0.1, 0.15) is 21.5 Å². The molecule has 0 aliphatic rings. The maximum Gasteiger partial charge on any atom is 0.255 e. The highest BCUT2D eigenvalue weighted by atomic mass is 16.5. The second kappa shape index (κ2) is 10.8. The van der Waals surface area contributed by atoms with E-state index in [-0.39, 0.29) is 12.5 Å². The Hall–Kier alpha value is -4.59. The molecule has 4 rings (SSSR count). The van der Waals surface area contributed by atoms with Crippen LogP contribution >= 0.6 is 0 Å². The largest absolute Gasteiger partial charge is 0.497 e. The molecule has 0 spiro atoms. The highest BCUT2D eigenvalue weighted by molar-refractivity contribution is 6.03. The van der Waals surface area contributed by atoms with Gasteiger partial charge in [0.2, 0.25) is 5.91 Å². The van der Waals surface area contributed by atoms with Crippen molar-refractivity contribution in [1.29, 1.82) is 0 Å². The van der Waals surface area contributed by atoms with Crippen LogP contribution in [-0.4, -0.2) is 42.4 Å². The molecule has 1 heterocycles. The van der Waals surface area contributed by atoms with Crippen LogP contribution in [0.3, 0.4) is 0 Å². The molecule has 0 fully saturated rings. The summed E-state index contributed by atoms with van der Waals surface area (Å²) < 4.78 is 12.5. The van der Waals surface area contributed by atoms with Crippen molar-refractivity contribution in [3.63, 3.8) is 0 Å². The first-order valence-electron chi connectivity index (χ1n) is 11.4. The minimum Gasteiger partial charge on any atom is -0.497 e. The van der Waals surface area contributed by atoms with E-state index < -0.39 is 5.91 Å². The van der Waals surface area contributed by atoms with Gasteiger partial charge in [-0.1, -0.05) is 36.4 Å². The van der Waals surface area contributed by atoms with Gasteiger partial charge in [0.25, 0.3) is 5.91 Å². The quantitative estimate of drug-likeness (QED) is 0.383. The van der Waals surface area contributed by atoms with Crippen LogP contribution in [-0.2, 0) is 4.79 Å². The van der Waals surface area contributed by atoms with Crippen LogP contribution < -0.4 is 20.1 Å². The van der Waals surface area contributed by atoms with Crippen LogP contribution in [0.25, 0.3) is 16.9 Å². The Bertz CT molecular complexity index is 1380. The van der Waals surface area contributed by atoms with E-state index in [2.05, 4.69) is 10.6 Å². The molecule has 184 valence electrons. The molecule has 0 unspecified atom stereocenters. The average Bonchev–Trinajstić information content (AvgIpc) is 3.35. The first-order chi connectivity index (χ1) is 17.4. The highest BCUT2D eigenvalue weighted by Crippen LogP contribution is 2.35. The van der Waals surface area contributed by atoms with Crippen molar-refractivity contribution < 1.29 is 19.1 Å². The summed E-state index contributed by atoms with van der Waals surface area (Å²) in [5.41, 5.74) is 4.73. The van der Waals surface area contributed by atoms with E-state index >= 15 is 0 Å². The molecule has 36 heavy (non-hydrogen) atoms. The molecule has 0 atom stereocenters. The van der Waals surface area contributed by atoms with Crippen molar-refractivity contribution in [3.8, 4) is 28.4 Å². The summed E-state index contributed by atoms with van der Waals surface area (Å²) in [6.07, 6.45) is 1.64. The zero-order valence-corrected chi connectivity index (χ0v) is 20.7. The van der Waals surface area contributed by atoms with Crippen LogP contribution in [0, 0.1) is 13.8 Å². The summed E-state index contributed by atoms with van der Waals surface area (Å²) in [6.45, 7) is 3.65. The number of rotatable bonds is 8. The lowest BCUT2D eigenvalue weighted by Crippen LogP contribution is -2.33. The molecule has 4 aromatic rings. The third-order valence-electron chi connectivity index (χ3n) is 5.80. The maximum atomic E-state index is 13.3. The topological polar surface area (TPSA) is 94.5 Å². The Morgan fingerprint density at radius 3 is 2.31 bits per heavy atom. The summed E-state index contributed by atoms with van der Waals surface area (Å²) in [4.78, 5) is 25.9. The molecular weight excluding hydrogens is 456 g/mol. The van der Waals surface area contributed by atoms with Gasteiger partial charge in [0.15, 0.2) is 0 Å². The average molecular weight is 485 g/mol. The number of anilines is 1. The van der Waals surface area contributed by atoms with Crippen molar-refractivity contribution in [3.05, 3.63) is 89.6 Å². The van der Waals surface area contributed by atoms with E-state index in [1.807, 2.05) is 62.4 Å². The van der Waals surface area contributed by atoms with Crippen molar-refractivity contribution in [2.75, 3.05) is 26.1 Å². The molecule has 0 saturated carbocycles. The van der Waals surface area contributed by atoms with E-state index in [4.69, 9.17) is 14.6 Å². The molecule has 8 nitrogen and oxygen atoms in total. The van der Waals surface area contributed by atoms with Crippen molar-refractivity contribution in [1.82, 2.24) is 15.1 Å². The van der Waals surface area contributed by atoms with Gasteiger partial charge in [-0.25, -0.2) is 4.68 Å². The van der Waals surface area contributed by atoms with Crippen LogP contribution in [0.15, 0.2) is 72.9 Å². The van der Waals surface area contributed by atoms with Gasteiger partial charge in [0.05, 0.1) is 32.0 Å². The van der Waals surface area contributed by atoms with Gasteiger partial charge in [0, 0.05) is 17.4 Å². The summed E-state index contributed by atoms with van der Waals surface area (Å²) >= 11 is 0. The fourth-order valence-corrected chi connectivity index (χ4v) is 3.90. The third kappa shape index (κ3) is 5.22. The number of nitrogens with zero attached hydrogens (tertiary/aromatic N) is 2. The summed E-state index contributed by atoms with van der Waals surface area (Å²) in [6, 6.07) is 20.5. The molecule has 2 amide bonds. The van der Waals surface area contributed by atoms with E-state index in [0.717, 1.165) is 22.5 Å². The van der Waals surface area contributed by atoms with E-state index in [1.165, 1.54) is 0 Å². The number of methoxy groups -OCH3 is 2. The SMILES string of the molecule is COc1ccc(OC)c(-c2nn(-c3ccccc3)cc2C(=O)NCC(=O)Nc2c(C)cccc2C)c1. The Morgan fingerprint density at radius 2 is 1.64 bits per heavy atom. The monoisotopic (exact) mass is 484 g/mol. The number of carbonyl (C=O) groups is 2. The van der Waals surface area contributed by atoms with Gasteiger partial charge in [0.1, 0.15) is 17.2 Å². The molecule has 2 N–H and O–H groups in total. The number of amides is 2. The molecular formula is C28H28N4O4. The number of hydrogen-bond donors (Lipinski definition) is 2. The molecule has 0 radical (unpaired) electrons. The Balaban J connectivity index is 1.64. The number of carbonyl (C=O) groups excluding carboxylic acids is 2. The Labute approximate surface area is 209 Å². The van der Waals surface area contributed by atoms with E-state index in [1.54, 1.807) is 43.3 Å². The van der Waals surface area contributed by atoms with Gasteiger partial charge in [-0.3, -0.25) is 9.59 Å². The van der Waals surface area contributed by atoms with Gasteiger partial charge in [-0.05, 0) is 55.3 Å². The summed E-state index contributed by atoms with van der Waals surface area (Å²) in [5, 5.41) is 10.3. The highest BCUT2D eigenvalue weighted by Gasteiger charge is 2.22. The Kier molecular flexibility index (Phi) is 7.34. The molecule has 0 saturated heterocycles. The first-order valence-corrected chi connectivity index (χ1v) is 11.4. The second-order valence-electron chi connectivity index (χ2n) is 8.24. The fraction of sp³-hybridized carbons (Fsp3) is 0.179. The smallest absolute Gasteiger partial charge is 0.255 e. The number of benzene rings is 3. The van der Waals surface area contributed by atoms with Gasteiger partial charge < -0.3 is 20.1 Å². The predicted octanol–water partition coefficient (Wildman–Crippen LogP) is 4.54. The van der Waals surface area contributed by atoms with E-state index in [0.29, 0.717) is 28.3 Å². The fourth-order valence-electron chi connectivity index (χ4n) is 3.90. The lowest BCUT2D eigenvalue weighted by atomic mass is 10.1. The second-order valence-corrected chi connectivity index (χ2v) is 8.24. The van der Waals surface area contributed by atoms with Crippen molar-refractivity contribution >= 4 is 17.5 Å². The zero-order chi connectivity index (χ0) is 25.7. The van der Waals surface area contributed by atoms with E-state index in [9.17, 15) is 9.59 Å². The predicted molar refractivity (Wildman–Crippen MR) is 139 cm³/mol. The summed E-state index contributed by atoms with van der Waals surface area (Å²) in [7, 11) is 3.12. The lowest BCUT2D eigenvalue weighted by Gasteiger charge is -2.12. The molecule has 8 heteroatoms. The number of aromatic nitrogens is 2. The minimum atomic E-state index is -0.436. The molecule has 0 aliphatic carbocycles. The van der Waals surface area contributed by atoms with Crippen LogP contribution in [0.4, 0.5) is 5.69 Å². The first kappa shape index (κ1) is 24.5. The van der Waals surface area contributed by atoms with Crippen LogP contribution in [0.5, 0.6) is 11.5 Å². The molecule has 0 aliphatic heterocycles. The molecule has 1 aromatic heterocycles. The van der Waals surface area contributed by atoms with Crippen LogP contribution in [0.2, 0.25) is 0 Å². The lowest BCUT2D eigenvalue weighted by molar-refractivity contribution is -0.115. The normalized spacial score (nSPS) is 10.6. The van der Waals surface area contributed by atoms with Gasteiger partial charge in [-0.2, -0.15) is 5.10 Å². The number of para-hydroxylation sites is 2. The minimum absolute atomic E-state index is 0.197. The Morgan fingerprint density at radius 1 is 0.917 bits per heavy atom. The van der Waals surface area contributed by atoms with Crippen molar-refractivity contribution in [2.24, 2.45) is 0 Å². The maximum absolute atomic E-state index is 13.3. The standard InChI is InChI=1S/C28H28N4O4/c1-18-9-8-10-19(2)26(18)30-25(33)16-29-28(34)23-17-32(20-11-6-5-7-12-20)31-27(23)22-15-21(35-3)13-14-24(22)36-4/h5-15,17H,16H2,1-4H3,(H,29,34)(H,30,33). The molecule has 0 bridgehead atoms. The number of nitrogens with one attached hydrogen (secondary N) is 2. The number of aryl methyl sites for hydroxylation is 2. The molecule has 3 aromatic carbocycles. The summed E-state index contributed by atoms with van der Waals surface area (Å²) in [5.74, 6) is 0.376. The zero-order valence-electron chi connectivity index (χ0n) is 20.7.